The van der Waals surface area contributed by atoms with Crippen LogP contribution in [0.4, 0.5) is 0 Å². The van der Waals surface area contributed by atoms with Crippen LogP contribution >= 0.6 is 12.4 Å². The van der Waals surface area contributed by atoms with Crippen molar-refractivity contribution in [1.29, 1.82) is 0 Å². The Bertz CT molecular complexity index is 789. The van der Waals surface area contributed by atoms with Gasteiger partial charge in [-0.3, -0.25) is 0 Å². The Balaban J connectivity index is 0.00000338. The Labute approximate surface area is 161 Å². The fourth-order valence-corrected chi connectivity index (χ4v) is 4.82. The van der Waals surface area contributed by atoms with Crippen molar-refractivity contribution in [2.24, 2.45) is 0 Å². The molecule has 0 bridgehead atoms. The van der Waals surface area contributed by atoms with E-state index in [0.29, 0.717) is 6.61 Å². The quantitative estimate of drug-likeness (QED) is 0.622. The first-order valence-electron chi connectivity index (χ1n) is 7.89. The zero-order valence-electron chi connectivity index (χ0n) is 15.1. The first-order chi connectivity index (χ1) is 11.6. The largest absolute Gasteiger partial charge is 0.383 e. The zero-order chi connectivity index (χ0) is 18.7. The van der Waals surface area contributed by atoms with Crippen LogP contribution in [0.25, 0.3) is 0 Å². The van der Waals surface area contributed by atoms with Crippen LogP contribution in [-0.4, -0.2) is 67.6 Å². The van der Waals surface area contributed by atoms with Gasteiger partial charge in [-0.15, -0.1) is 12.4 Å². The molecule has 0 amide bonds. The van der Waals surface area contributed by atoms with E-state index in [1.165, 1.54) is 38.4 Å². The third kappa shape index (κ3) is 5.16. The molecule has 26 heavy (non-hydrogen) atoms. The fourth-order valence-electron chi connectivity index (χ4n) is 2.79. The summed E-state index contributed by atoms with van der Waals surface area (Å²) >= 11 is 0. The van der Waals surface area contributed by atoms with Crippen molar-refractivity contribution in [1.82, 2.24) is 14.3 Å². The number of hydrogen-bond donors (Lipinski definition) is 2. The normalized spacial score (nSPS) is 20.9. The Morgan fingerprint density at radius 3 is 2.19 bits per heavy atom. The molecule has 8 nitrogen and oxygen atoms in total. The van der Waals surface area contributed by atoms with E-state index in [0.717, 1.165) is 23.7 Å². The number of nitrogens with one attached hydrogen (secondary N) is 2. The van der Waals surface area contributed by atoms with Crippen LogP contribution in [-0.2, 0) is 24.8 Å². The van der Waals surface area contributed by atoms with Crippen LogP contribution in [0.2, 0.25) is 0 Å². The van der Waals surface area contributed by atoms with Gasteiger partial charge in [0, 0.05) is 27.7 Å². The summed E-state index contributed by atoms with van der Waals surface area (Å²) in [6.45, 7) is 1.44. The zero-order valence-corrected chi connectivity index (χ0v) is 17.5. The highest BCUT2D eigenvalue weighted by Crippen LogP contribution is 2.21. The maximum absolute atomic E-state index is 12.5. The molecular formula is C15H26ClN3O5S2. The predicted molar refractivity (Wildman–Crippen MR) is 102 cm³/mol. The molecule has 1 aromatic carbocycles. The molecule has 1 fully saturated rings. The van der Waals surface area contributed by atoms with Crippen LogP contribution in [0.3, 0.4) is 0 Å². The molecule has 1 atom stereocenters. The molecule has 1 unspecified atom stereocenters. The van der Waals surface area contributed by atoms with Gasteiger partial charge in [-0.25, -0.2) is 25.9 Å². The first kappa shape index (κ1) is 23.3. The summed E-state index contributed by atoms with van der Waals surface area (Å²) in [7, 11) is -2.90. The topological polar surface area (TPSA) is 105 Å². The van der Waals surface area contributed by atoms with Crippen LogP contribution in [0.5, 0.6) is 0 Å². The smallest absolute Gasteiger partial charge is 0.242 e. The van der Waals surface area contributed by atoms with E-state index in [-0.39, 0.29) is 28.7 Å². The average molecular weight is 428 g/mol. The van der Waals surface area contributed by atoms with Gasteiger partial charge < -0.3 is 10.1 Å². The second-order valence-electron chi connectivity index (χ2n) is 6.33. The van der Waals surface area contributed by atoms with E-state index in [1.54, 1.807) is 7.11 Å². The first-order valence-corrected chi connectivity index (χ1v) is 10.8. The maximum Gasteiger partial charge on any atom is 0.242 e. The third-order valence-corrected chi connectivity index (χ3v) is 7.51. The number of halogens is 1. The van der Waals surface area contributed by atoms with Crippen molar-refractivity contribution in [2.75, 3.05) is 40.9 Å². The van der Waals surface area contributed by atoms with Crippen LogP contribution in [0, 0.1) is 0 Å². The minimum Gasteiger partial charge on any atom is -0.383 e. The van der Waals surface area contributed by atoms with E-state index in [4.69, 9.17) is 4.74 Å². The van der Waals surface area contributed by atoms with Crippen LogP contribution < -0.4 is 10.0 Å². The van der Waals surface area contributed by atoms with Gasteiger partial charge in [0.15, 0.2) is 0 Å². The summed E-state index contributed by atoms with van der Waals surface area (Å²) in [4.78, 5) is 0.0699. The van der Waals surface area contributed by atoms with Gasteiger partial charge >= 0.3 is 0 Å². The van der Waals surface area contributed by atoms with Crippen LogP contribution in [0.15, 0.2) is 34.1 Å². The molecule has 2 rings (SSSR count). The number of sulfonamides is 2. The van der Waals surface area contributed by atoms with Gasteiger partial charge in [0.2, 0.25) is 20.0 Å². The van der Waals surface area contributed by atoms with Gasteiger partial charge in [0.25, 0.3) is 0 Å². The summed E-state index contributed by atoms with van der Waals surface area (Å²) in [5.74, 6) is 0. The van der Waals surface area contributed by atoms with E-state index >= 15 is 0 Å². The maximum atomic E-state index is 12.5. The lowest BCUT2D eigenvalue weighted by atomic mass is 9.99. The second kappa shape index (κ2) is 8.96. The molecule has 150 valence electrons. The van der Waals surface area contributed by atoms with Crippen molar-refractivity contribution in [3.63, 3.8) is 0 Å². The van der Waals surface area contributed by atoms with Crippen molar-refractivity contribution < 1.29 is 21.6 Å². The molecule has 1 aliphatic heterocycles. The van der Waals surface area contributed by atoms with E-state index < -0.39 is 25.6 Å². The Kier molecular flexibility index (Phi) is 8.03. The molecular weight excluding hydrogens is 402 g/mol. The van der Waals surface area contributed by atoms with Crippen molar-refractivity contribution >= 4 is 32.5 Å². The Hall–Kier alpha value is -0.750. The van der Waals surface area contributed by atoms with E-state index in [1.807, 2.05) is 0 Å². The highest BCUT2D eigenvalue weighted by atomic mass is 35.5. The molecule has 11 heteroatoms. The number of methoxy groups -OCH3 is 1. The molecule has 0 spiro atoms. The molecule has 1 aromatic rings. The molecule has 1 heterocycles. The minimum absolute atomic E-state index is 0. The predicted octanol–water partition coefficient (Wildman–Crippen LogP) is 0.406. The Morgan fingerprint density at radius 1 is 1.15 bits per heavy atom. The summed E-state index contributed by atoms with van der Waals surface area (Å²) in [5.41, 5.74) is -0.407. The molecule has 0 aliphatic carbocycles. The summed E-state index contributed by atoms with van der Waals surface area (Å²) in [6.07, 6.45) is 1.78. The number of nitrogens with zero attached hydrogens (tertiary/aromatic N) is 1. The molecule has 0 aromatic heterocycles. The average Bonchev–Trinajstić information content (AvgIpc) is 3.02. The Morgan fingerprint density at radius 2 is 1.73 bits per heavy atom. The summed E-state index contributed by atoms with van der Waals surface area (Å²) in [5, 5.41) is 3.30. The van der Waals surface area contributed by atoms with Gasteiger partial charge in [-0.2, -0.15) is 0 Å². The summed E-state index contributed by atoms with van der Waals surface area (Å²) in [6, 6.07) is 5.18. The van der Waals surface area contributed by atoms with Gasteiger partial charge in [0.05, 0.1) is 21.9 Å². The van der Waals surface area contributed by atoms with Crippen LogP contribution in [0.1, 0.15) is 12.8 Å². The van der Waals surface area contributed by atoms with Gasteiger partial charge in [-0.05, 0) is 43.7 Å². The number of benzene rings is 1. The number of ether oxygens (including phenoxy) is 1. The number of rotatable bonds is 8. The molecule has 2 N–H and O–H groups in total. The highest BCUT2D eigenvalue weighted by Gasteiger charge is 2.34. The minimum atomic E-state index is -3.74. The highest BCUT2D eigenvalue weighted by molar-refractivity contribution is 7.89. The van der Waals surface area contributed by atoms with Gasteiger partial charge in [-0.1, -0.05) is 0 Å². The van der Waals surface area contributed by atoms with Crippen molar-refractivity contribution in [3.05, 3.63) is 24.3 Å². The summed E-state index contributed by atoms with van der Waals surface area (Å²) < 4.78 is 58.0. The fraction of sp³-hybridized carbons (Fsp3) is 0.600. The SMILES string of the molecule is COCC1(CNS(=O)(=O)c2ccc(S(=O)(=O)N(C)C)cc2)CCCN1.Cl. The van der Waals surface area contributed by atoms with E-state index in [2.05, 4.69) is 10.0 Å². The molecule has 0 radical (unpaired) electrons. The van der Waals surface area contributed by atoms with Gasteiger partial charge in [0.1, 0.15) is 0 Å². The molecule has 1 aliphatic rings. The molecule has 1 saturated heterocycles. The second-order valence-corrected chi connectivity index (χ2v) is 10.2. The number of hydrogen-bond acceptors (Lipinski definition) is 6. The standard InChI is InChI=1S/C15H25N3O5S2.ClH/c1-18(2)25(21,22)14-7-5-13(6-8-14)24(19,20)17-11-15(12-23-3)9-4-10-16-15;/h5-8,16-17H,4,9-12H2,1-3H3;1H. The monoisotopic (exact) mass is 427 g/mol. The lowest BCUT2D eigenvalue weighted by Gasteiger charge is -2.28. The third-order valence-electron chi connectivity index (χ3n) is 4.27. The van der Waals surface area contributed by atoms with Crippen molar-refractivity contribution in [2.45, 2.75) is 28.2 Å². The van der Waals surface area contributed by atoms with E-state index in [9.17, 15) is 16.8 Å². The lowest BCUT2D eigenvalue weighted by Crippen LogP contribution is -2.52. The van der Waals surface area contributed by atoms with Crippen molar-refractivity contribution in [3.8, 4) is 0 Å². The lowest BCUT2D eigenvalue weighted by molar-refractivity contribution is 0.122. The molecule has 0 saturated carbocycles.